The minimum absolute atomic E-state index is 0.362. The molecule has 1 amide bonds. The maximum atomic E-state index is 12.0. The number of hydrazine groups is 1. The second kappa shape index (κ2) is 9.12. The number of hydrogen-bond acceptors (Lipinski definition) is 6. The van der Waals surface area contributed by atoms with Crippen molar-refractivity contribution in [2.24, 2.45) is 0 Å². The Bertz CT molecular complexity index is 470. The molecule has 0 bridgehead atoms. The van der Waals surface area contributed by atoms with Gasteiger partial charge in [0.1, 0.15) is 6.61 Å². The quantitative estimate of drug-likeness (QED) is 0.500. The Morgan fingerprint density at radius 2 is 1.81 bits per heavy atom. The number of carbonyl (C=O) groups is 2. The molecule has 2 N–H and O–H groups in total. The highest BCUT2D eigenvalue weighted by Crippen LogP contribution is 2.35. The number of aliphatic carboxylic acids is 1. The largest absolute Gasteiger partial charge is 0.480 e. The van der Waals surface area contributed by atoms with Gasteiger partial charge in [-0.05, 0) is 51.6 Å². The van der Waals surface area contributed by atoms with Crippen LogP contribution in [0.25, 0.3) is 0 Å². The molecule has 1 saturated carbocycles. The van der Waals surface area contributed by atoms with Crippen molar-refractivity contribution in [3.05, 3.63) is 0 Å². The summed E-state index contributed by atoms with van der Waals surface area (Å²) in [5.74, 6) is -0.989. The zero-order chi connectivity index (χ0) is 18.4. The molecule has 2 aliphatic heterocycles. The number of rotatable bonds is 7. The molecule has 26 heavy (non-hydrogen) atoms. The molecule has 0 radical (unpaired) electrons. The molecule has 0 aromatic heterocycles. The summed E-state index contributed by atoms with van der Waals surface area (Å²) in [7, 11) is 0. The Morgan fingerprint density at radius 3 is 2.38 bits per heavy atom. The molecule has 0 atom stereocenters. The van der Waals surface area contributed by atoms with Crippen molar-refractivity contribution in [3.8, 4) is 0 Å². The van der Waals surface area contributed by atoms with E-state index in [1.807, 2.05) is 0 Å². The van der Waals surface area contributed by atoms with Crippen molar-refractivity contribution in [1.29, 1.82) is 0 Å². The molecule has 3 aliphatic rings. The SMILES string of the molecule is O=CN(N1CCN(C2CCNCC2)CC1)C1(OCC(=O)O)CCCCC1. The molecular formula is C18H32N4O4. The Hall–Kier alpha value is -1.22. The fraction of sp³-hybridized carbons (Fsp3) is 0.889. The Balaban J connectivity index is 1.62. The zero-order valence-corrected chi connectivity index (χ0v) is 15.6. The Labute approximate surface area is 155 Å². The molecule has 0 aromatic rings. The van der Waals surface area contributed by atoms with E-state index in [2.05, 4.69) is 15.2 Å². The van der Waals surface area contributed by atoms with Gasteiger partial charge in [-0.1, -0.05) is 6.42 Å². The van der Waals surface area contributed by atoms with Crippen molar-refractivity contribution >= 4 is 12.4 Å². The number of hydrogen-bond donors (Lipinski definition) is 2. The number of nitrogens with one attached hydrogen (secondary N) is 1. The van der Waals surface area contributed by atoms with E-state index in [1.165, 1.54) is 12.8 Å². The third-order valence-electron chi connectivity index (χ3n) is 6.04. The third kappa shape index (κ3) is 4.54. The smallest absolute Gasteiger partial charge is 0.329 e. The molecular weight excluding hydrogens is 336 g/mol. The van der Waals surface area contributed by atoms with E-state index in [9.17, 15) is 9.59 Å². The van der Waals surface area contributed by atoms with Crippen LogP contribution >= 0.6 is 0 Å². The number of ether oxygens (including phenoxy) is 1. The lowest BCUT2D eigenvalue weighted by Gasteiger charge is -2.51. The van der Waals surface area contributed by atoms with Gasteiger partial charge in [0.05, 0.1) is 0 Å². The second-order valence-corrected chi connectivity index (χ2v) is 7.61. The summed E-state index contributed by atoms with van der Waals surface area (Å²) in [4.78, 5) is 25.5. The normalized spacial score (nSPS) is 25.7. The van der Waals surface area contributed by atoms with Crippen molar-refractivity contribution in [3.63, 3.8) is 0 Å². The van der Waals surface area contributed by atoms with Crippen molar-refractivity contribution in [1.82, 2.24) is 20.2 Å². The van der Waals surface area contributed by atoms with E-state index in [0.29, 0.717) is 18.9 Å². The zero-order valence-electron chi connectivity index (χ0n) is 15.6. The van der Waals surface area contributed by atoms with Crippen LogP contribution in [0.2, 0.25) is 0 Å². The van der Waals surface area contributed by atoms with Crippen LogP contribution in [0.5, 0.6) is 0 Å². The number of piperidine rings is 1. The van der Waals surface area contributed by atoms with E-state index >= 15 is 0 Å². The van der Waals surface area contributed by atoms with Crippen LogP contribution in [0.15, 0.2) is 0 Å². The minimum atomic E-state index is -0.989. The van der Waals surface area contributed by atoms with Crippen LogP contribution in [-0.4, -0.2) is 90.0 Å². The van der Waals surface area contributed by atoms with Crippen LogP contribution in [0.1, 0.15) is 44.9 Å². The van der Waals surface area contributed by atoms with E-state index in [4.69, 9.17) is 9.84 Å². The predicted octanol–water partition coefficient (Wildman–Crippen LogP) is 0.491. The van der Waals surface area contributed by atoms with Gasteiger partial charge in [0, 0.05) is 32.2 Å². The summed E-state index contributed by atoms with van der Waals surface area (Å²) in [6, 6.07) is 0.634. The molecule has 8 nitrogen and oxygen atoms in total. The first-order valence-corrected chi connectivity index (χ1v) is 9.95. The monoisotopic (exact) mass is 368 g/mol. The highest BCUT2D eigenvalue weighted by Gasteiger charge is 2.43. The maximum absolute atomic E-state index is 12.0. The van der Waals surface area contributed by atoms with Gasteiger partial charge in [0.15, 0.2) is 5.72 Å². The summed E-state index contributed by atoms with van der Waals surface area (Å²) >= 11 is 0. The van der Waals surface area contributed by atoms with Gasteiger partial charge >= 0.3 is 5.97 Å². The highest BCUT2D eigenvalue weighted by atomic mass is 16.5. The topological polar surface area (TPSA) is 85.4 Å². The Morgan fingerprint density at radius 1 is 1.15 bits per heavy atom. The second-order valence-electron chi connectivity index (χ2n) is 7.61. The third-order valence-corrected chi connectivity index (χ3v) is 6.04. The van der Waals surface area contributed by atoms with Gasteiger partial charge in [0.25, 0.3) is 0 Å². The first kappa shape index (κ1) is 19.5. The van der Waals surface area contributed by atoms with E-state index in [0.717, 1.165) is 64.9 Å². The summed E-state index contributed by atoms with van der Waals surface area (Å²) in [6.07, 6.45) is 7.63. The molecule has 0 unspecified atom stereocenters. The fourth-order valence-corrected chi connectivity index (χ4v) is 4.62. The number of carbonyl (C=O) groups excluding carboxylic acids is 1. The predicted molar refractivity (Wildman–Crippen MR) is 96.3 cm³/mol. The lowest BCUT2D eigenvalue weighted by Crippen LogP contribution is -2.64. The molecule has 2 saturated heterocycles. The summed E-state index contributed by atoms with van der Waals surface area (Å²) in [5, 5.41) is 16.2. The number of piperazine rings is 1. The highest BCUT2D eigenvalue weighted by molar-refractivity contribution is 5.68. The maximum Gasteiger partial charge on any atom is 0.329 e. The van der Waals surface area contributed by atoms with Gasteiger partial charge in [-0.2, -0.15) is 0 Å². The standard InChI is InChI=1S/C18H32N4O4/c23-15-22(18(26-14-17(24)25)6-2-1-3-7-18)21-12-10-20(11-13-21)16-4-8-19-9-5-16/h15-16,19H,1-14H2,(H,24,25). The molecule has 2 heterocycles. The lowest BCUT2D eigenvalue weighted by atomic mass is 9.91. The van der Waals surface area contributed by atoms with Crippen LogP contribution in [-0.2, 0) is 14.3 Å². The lowest BCUT2D eigenvalue weighted by molar-refractivity contribution is -0.244. The number of nitrogens with zero attached hydrogens (tertiary/aromatic N) is 3. The number of amides is 1. The van der Waals surface area contributed by atoms with Crippen molar-refractivity contribution < 1.29 is 19.4 Å². The van der Waals surface area contributed by atoms with Crippen LogP contribution < -0.4 is 5.32 Å². The summed E-state index contributed by atoms with van der Waals surface area (Å²) in [6.45, 7) is 5.23. The Kier molecular flexibility index (Phi) is 6.86. The molecule has 1 aliphatic carbocycles. The first-order valence-electron chi connectivity index (χ1n) is 9.95. The van der Waals surface area contributed by atoms with Gasteiger partial charge in [-0.3, -0.25) is 9.69 Å². The molecule has 0 spiro atoms. The van der Waals surface area contributed by atoms with Crippen molar-refractivity contribution in [2.75, 3.05) is 45.9 Å². The fourth-order valence-electron chi connectivity index (χ4n) is 4.62. The minimum Gasteiger partial charge on any atom is -0.480 e. The van der Waals surface area contributed by atoms with E-state index in [1.54, 1.807) is 5.01 Å². The van der Waals surface area contributed by atoms with E-state index in [-0.39, 0.29) is 6.61 Å². The van der Waals surface area contributed by atoms with Gasteiger partial charge < -0.3 is 15.2 Å². The van der Waals surface area contributed by atoms with Gasteiger partial charge in [-0.15, -0.1) is 0 Å². The average molecular weight is 368 g/mol. The van der Waals surface area contributed by atoms with E-state index < -0.39 is 11.7 Å². The van der Waals surface area contributed by atoms with Crippen LogP contribution in [0.4, 0.5) is 0 Å². The van der Waals surface area contributed by atoms with Crippen LogP contribution in [0.3, 0.4) is 0 Å². The molecule has 8 heteroatoms. The molecule has 3 rings (SSSR count). The molecule has 0 aromatic carbocycles. The summed E-state index contributed by atoms with van der Waals surface area (Å²) < 4.78 is 5.81. The number of carboxylic acids is 1. The van der Waals surface area contributed by atoms with Crippen LogP contribution in [0, 0.1) is 0 Å². The van der Waals surface area contributed by atoms with Gasteiger partial charge in [-0.25, -0.2) is 14.8 Å². The average Bonchev–Trinajstić information content (AvgIpc) is 2.69. The molecule has 3 fully saturated rings. The summed E-state index contributed by atoms with van der Waals surface area (Å²) in [5.41, 5.74) is -0.796. The van der Waals surface area contributed by atoms with Gasteiger partial charge in [0.2, 0.25) is 6.41 Å². The van der Waals surface area contributed by atoms with Crippen molar-refractivity contribution in [2.45, 2.75) is 56.7 Å². The number of carboxylic acid groups (broad SMARTS) is 1. The molecule has 148 valence electrons. The first-order chi connectivity index (χ1) is 12.6.